The highest BCUT2D eigenvalue weighted by molar-refractivity contribution is 5.83. The Morgan fingerprint density at radius 2 is 1.81 bits per heavy atom. The van der Waals surface area contributed by atoms with E-state index in [1.807, 2.05) is 6.07 Å². The lowest BCUT2D eigenvalue weighted by Crippen LogP contribution is -2.35. The Hall–Kier alpha value is -3.22. The van der Waals surface area contributed by atoms with Crippen LogP contribution in [0.3, 0.4) is 0 Å². The van der Waals surface area contributed by atoms with Crippen molar-refractivity contribution in [1.29, 1.82) is 0 Å². The van der Waals surface area contributed by atoms with Crippen molar-refractivity contribution >= 4 is 11.9 Å². The Balaban J connectivity index is 1.46. The first-order valence-electron chi connectivity index (χ1n) is 8.15. The lowest BCUT2D eigenvalue weighted by molar-refractivity contribution is -0.154. The van der Waals surface area contributed by atoms with Gasteiger partial charge in [0.25, 0.3) is 5.91 Å². The van der Waals surface area contributed by atoms with Crippen molar-refractivity contribution in [2.24, 2.45) is 0 Å². The number of rotatable bonds is 6. The van der Waals surface area contributed by atoms with Gasteiger partial charge in [-0.05, 0) is 42.3 Å². The topological polar surface area (TPSA) is 94.1 Å². The molecule has 7 nitrogen and oxygen atoms in total. The number of aromatic hydroxyl groups is 1. The number of hydrogen-bond donors (Lipinski definition) is 2. The lowest BCUT2D eigenvalue weighted by atomic mass is 10.1. The lowest BCUT2D eigenvalue weighted by Gasteiger charge is -2.14. The van der Waals surface area contributed by atoms with E-state index in [9.17, 15) is 14.7 Å². The summed E-state index contributed by atoms with van der Waals surface area (Å²) in [6.07, 6.45) is -0.881. The zero-order chi connectivity index (χ0) is 18.5. The van der Waals surface area contributed by atoms with Gasteiger partial charge >= 0.3 is 5.97 Å². The average Bonchev–Trinajstić information content (AvgIpc) is 3.09. The SMILES string of the molecule is C[C@@H](OC(=O)Cc1ccc(O)cc1)C(=O)NCc1ccc2c(c1)OCO2. The van der Waals surface area contributed by atoms with E-state index in [0.29, 0.717) is 17.1 Å². The van der Waals surface area contributed by atoms with Crippen LogP contribution in [0.1, 0.15) is 18.1 Å². The maximum Gasteiger partial charge on any atom is 0.311 e. The fraction of sp³-hybridized carbons (Fsp3) is 0.263. The Morgan fingerprint density at radius 3 is 2.58 bits per heavy atom. The summed E-state index contributed by atoms with van der Waals surface area (Å²) >= 11 is 0. The highest BCUT2D eigenvalue weighted by Crippen LogP contribution is 2.32. The van der Waals surface area contributed by atoms with Crippen molar-refractivity contribution in [2.45, 2.75) is 26.0 Å². The number of nitrogens with one attached hydrogen (secondary N) is 1. The average molecular weight is 357 g/mol. The molecular formula is C19H19NO6. The van der Waals surface area contributed by atoms with Gasteiger partial charge in [-0.1, -0.05) is 18.2 Å². The number of carbonyl (C=O) groups is 2. The van der Waals surface area contributed by atoms with Gasteiger partial charge in [0.1, 0.15) is 5.75 Å². The monoisotopic (exact) mass is 357 g/mol. The molecule has 0 spiro atoms. The number of carbonyl (C=O) groups excluding carboxylic acids is 2. The second-order valence-electron chi connectivity index (χ2n) is 5.88. The number of hydrogen-bond acceptors (Lipinski definition) is 6. The predicted octanol–water partition coefficient (Wildman–Crippen LogP) is 1.91. The number of phenols is 1. The minimum Gasteiger partial charge on any atom is -0.508 e. The Kier molecular flexibility index (Phi) is 5.26. The molecule has 1 amide bonds. The number of amides is 1. The van der Waals surface area contributed by atoms with E-state index in [-0.39, 0.29) is 31.4 Å². The van der Waals surface area contributed by atoms with E-state index in [4.69, 9.17) is 14.2 Å². The van der Waals surface area contributed by atoms with Gasteiger partial charge in [-0.2, -0.15) is 0 Å². The number of phenolic OH excluding ortho intramolecular Hbond substituents is 1. The van der Waals surface area contributed by atoms with Crippen LogP contribution in [0.2, 0.25) is 0 Å². The van der Waals surface area contributed by atoms with Crippen molar-refractivity contribution in [2.75, 3.05) is 6.79 Å². The first kappa shape index (κ1) is 17.6. The van der Waals surface area contributed by atoms with E-state index in [1.54, 1.807) is 24.3 Å². The molecule has 26 heavy (non-hydrogen) atoms. The minimum atomic E-state index is -0.909. The summed E-state index contributed by atoms with van der Waals surface area (Å²) in [6.45, 7) is 2.00. The molecule has 0 bridgehead atoms. The molecule has 0 saturated carbocycles. The van der Waals surface area contributed by atoms with Gasteiger partial charge in [0.2, 0.25) is 6.79 Å². The Bertz CT molecular complexity index is 802. The highest BCUT2D eigenvalue weighted by Gasteiger charge is 2.18. The maximum atomic E-state index is 12.1. The summed E-state index contributed by atoms with van der Waals surface area (Å²) in [4.78, 5) is 24.0. The Labute approximate surface area is 150 Å². The second-order valence-corrected chi connectivity index (χ2v) is 5.88. The molecule has 1 atom stereocenters. The van der Waals surface area contributed by atoms with Gasteiger partial charge in [0.05, 0.1) is 6.42 Å². The fourth-order valence-electron chi connectivity index (χ4n) is 2.46. The van der Waals surface area contributed by atoms with Crippen molar-refractivity contribution < 1.29 is 28.9 Å². The molecule has 0 radical (unpaired) electrons. The molecule has 1 aliphatic rings. The predicted molar refractivity (Wildman–Crippen MR) is 91.8 cm³/mol. The zero-order valence-electron chi connectivity index (χ0n) is 14.2. The van der Waals surface area contributed by atoms with Crippen LogP contribution in [0, 0.1) is 0 Å². The number of benzene rings is 2. The van der Waals surface area contributed by atoms with Crippen molar-refractivity contribution in [3.63, 3.8) is 0 Å². The largest absolute Gasteiger partial charge is 0.508 e. The minimum absolute atomic E-state index is 0.0278. The van der Waals surface area contributed by atoms with Crippen LogP contribution in [0.25, 0.3) is 0 Å². The Morgan fingerprint density at radius 1 is 1.12 bits per heavy atom. The molecule has 2 aromatic carbocycles. The molecule has 0 aliphatic carbocycles. The van der Waals surface area contributed by atoms with Gasteiger partial charge in [0, 0.05) is 6.54 Å². The first-order chi connectivity index (χ1) is 12.5. The van der Waals surface area contributed by atoms with Crippen LogP contribution in [0.5, 0.6) is 17.2 Å². The van der Waals surface area contributed by atoms with Crippen molar-refractivity contribution in [3.05, 3.63) is 53.6 Å². The first-order valence-corrected chi connectivity index (χ1v) is 8.15. The maximum absolute atomic E-state index is 12.1. The molecule has 1 heterocycles. The van der Waals surface area contributed by atoms with Crippen LogP contribution in [0.4, 0.5) is 0 Å². The molecule has 0 unspecified atom stereocenters. The molecular weight excluding hydrogens is 338 g/mol. The van der Waals surface area contributed by atoms with Crippen molar-refractivity contribution in [3.8, 4) is 17.2 Å². The standard InChI is InChI=1S/C19H19NO6/c1-12(26-18(22)9-13-2-5-15(21)6-3-13)19(23)20-10-14-4-7-16-17(8-14)25-11-24-16/h2-8,12,21H,9-11H2,1H3,(H,20,23)/t12-/m1/s1. The normalized spacial score (nSPS) is 13.1. The second kappa shape index (κ2) is 7.77. The summed E-state index contributed by atoms with van der Waals surface area (Å²) in [5.74, 6) is 0.545. The molecule has 0 aromatic heterocycles. The van der Waals surface area contributed by atoms with Gasteiger partial charge < -0.3 is 24.6 Å². The summed E-state index contributed by atoms with van der Waals surface area (Å²) in [5.41, 5.74) is 1.55. The molecule has 3 rings (SSSR count). The molecule has 0 fully saturated rings. The van der Waals surface area contributed by atoms with E-state index >= 15 is 0 Å². The van der Waals surface area contributed by atoms with Crippen LogP contribution < -0.4 is 14.8 Å². The highest BCUT2D eigenvalue weighted by atomic mass is 16.7. The van der Waals surface area contributed by atoms with E-state index in [0.717, 1.165) is 5.56 Å². The third kappa shape index (κ3) is 4.44. The van der Waals surface area contributed by atoms with E-state index < -0.39 is 12.1 Å². The van der Waals surface area contributed by atoms with Gasteiger partial charge in [0.15, 0.2) is 17.6 Å². The van der Waals surface area contributed by atoms with Crippen molar-refractivity contribution in [1.82, 2.24) is 5.32 Å². The molecule has 136 valence electrons. The van der Waals surface area contributed by atoms with Gasteiger partial charge in [-0.25, -0.2) is 0 Å². The summed E-state index contributed by atoms with van der Waals surface area (Å²) in [6, 6.07) is 11.6. The molecule has 2 N–H and O–H groups in total. The summed E-state index contributed by atoms with van der Waals surface area (Å²) in [7, 11) is 0. The molecule has 0 saturated heterocycles. The molecule has 1 aliphatic heterocycles. The smallest absolute Gasteiger partial charge is 0.311 e. The van der Waals surface area contributed by atoms with Gasteiger partial charge in [-0.15, -0.1) is 0 Å². The quantitative estimate of drug-likeness (QED) is 0.767. The number of ether oxygens (including phenoxy) is 3. The summed E-state index contributed by atoms with van der Waals surface area (Å²) in [5, 5.41) is 12.0. The molecule has 7 heteroatoms. The number of fused-ring (bicyclic) bond motifs is 1. The number of esters is 1. The van der Waals surface area contributed by atoms with Crippen LogP contribution in [-0.4, -0.2) is 29.9 Å². The fourth-order valence-corrected chi connectivity index (χ4v) is 2.46. The zero-order valence-corrected chi connectivity index (χ0v) is 14.2. The summed E-state index contributed by atoms with van der Waals surface area (Å²) < 4.78 is 15.7. The van der Waals surface area contributed by atoms with Gasteiger partial charge in [-0.3, -0.25) is 9.59 Å². The van der Waals surface area contributed by atoms with Crippen LogP contribution in [-0.2, 0) is 27.3 Å². The van der Waals surface area contributed by atoms with Crippen LogP contribution in [0.15, 0.2) is 42.5 Å². The molecule has 2 aromatic rings. The third-order valence-corrected chi connectivity index (χ3v) is 3.87. The van der Waals surface area contributed by atoms with E-state index in [2.05, 4.69) is 5.32 Å². The van der Waals surface area contributed by atoms with E-state index in [1.165, 1.54) is 19.1 Å². The third-order valence-electron chi connectivity index (χ3n) is 3.87. The van der Waals surface area contributed by atoms with Crippen LogP contribution >= 0.6 is 0 Å².